The Balaban J connectivity index is 3.23. The van der Waals surface area contributed by atoms with Gasteiger partial charge in [0.2, 0.25) is 0 Å². The standard InChI is InChI=1S/C10H13NO5/c1-4-3-5(12)7(9(11)14)8(13)6(4)10(15)16-2/h4,6,13H,3H2,1-2H3,(H2,11,14)/t4-,6-/m0/s1. The molecule has 16 heavy (non-hydrogen) atoms. The summed E-state index contributed by atoms with van der Waals surface area (Å²) < 4.78 is 4.50. The summed E-state index contributed by atoms with van der Waals surface area (Å²) in [6, 6.07) is 0. The summed E-state index contributed by atoms with van der Waals surface area (Å²) in [6.07, 6.45) is -0.0118. The molecule has 0 aromatic heterocycles. The molecule has 6 heteroatoms. The van der Waals surface area contributed by atoms with Gasteiger partial charge < -0.3 is 15.6 Å². The van der Waals surface area contributed by atoms with Crippen molar-refractivity contribution in [3.05, 3.63) is 11.3 Å². The second-order valence-electron chi connectivity index (χ2n) is 3.73. The first kappa shape index (κ1) is 12.2. The van der Waals surface area contributed by atoms with Crippen molar-refractivity contribution in [1.82, 2.24) is 0 Å². The molecule has 1 aliphatic carbocycles. The lowest BCUT2D eigenvalue weighted by Gasteiger charge is -2.26. The van der Waals surface area contributed by atoms with E-state index in [1.807, 2.05) is 0 Å². The van der Waals surface area contributed by atoms with Gasteiger partial charge in [0, 0.05) is 6.42 Å². The normalized spacial score (nSPS) is 25.5. The van der Waals surface area contributed by atoms with Crippen LogP contribution in [0.25, 0.3) is 0 Å². The van der Waals surface area contributed by atoms with Crippen LogP contribution in [-0.4, -0.2) is 29.9 Å². The number of primary amides is 1. The van der Waals surface area contributed by atoms with Crippen LogP contribution in [0, 0.1) is 11.8 Å². The highest BCUT2D eigenvalue weighted by atomic mass is 16.5. The number of ether oxygens (including phenoxy) is 1. The van der Waals surface area contributed by atoms with Gasteiger partial charge in [0.15, 0.2) is 5.78 Å². The Kier molecular flexibility index (Phi) is 3.31. The first-order chi connectivity index (χ1) is 7.40. The van der Waals surface area contributed by atoms with Crippen LogP contribution in [0.1, 0.15) is 13.3 Å². The zero-order valence-electron chi connectivity index (χ0n) is 9.02. The van der Waals surface area contributed by atoms with Gasteiger partial charge in [-0.15, -0.1) is 0 Å². The Labute approximate surface area is 92.1 Å². The zero-order chi connectivity index (χ0) is 12.5. The molecule has 1 rings (SSSR count). The second-order valence-corrected chi connectivity index (χ2v) is 3.73. The number of Topliss-reactive ketones (excluding diaryl/α,β-unsaturated/α-hetero) is 1. The molecule has 0 aromatic rings. The van der Waals surface area contributed by atoms with E-state index in [0.717, 1.165) is 0 Å². The second kappa shape index (κ2) is 4.34. The molecule has 0 unspecified atom stereocenters. The summed E-state index contributed by atoms with van der Waals surface area (Å²) in [7, 11) is 1.17. The highest BCUT2D eigenvalue weighted by molar-refractivity contribution is 6.20. The molecule has 0 aromatic carbocycles. The van der Waals surface area contributed by atoms with Gasteiger partial charge in [-0.05, 0) is 5.92 Å². The number of nitrogens with two attached hydrogens (primary N) is 1. The number of ketones is 1. The monoisotopic (exact) mass is 227 g/mol. The first-order valence-electron chi connectivity index (χ1n) is 4.74. The topological polar surface area (TPSA) is 107 Å². The van der Waals surface area contributed by atoms with E-state index in [1.165, 1.54) is 7.11 Å². The Morgan fingerprint density at radius 2 is 2.06 bits per heavy atom. The maximum absolute atomic E-state index is 11.4. The van der Waals surface area contributed by atoms with Crippen molar-refractivity contribution in [1.29, 1.82) is 0 Å². The van der Waals surface area contributed by atoms with Gasteiger partial charge in [-0.1, -0.05) is 6.92 Å². The summed E-state index contributed by atoms with van der Waals surface area (Å²) in [4.78, 5) is 33.8. The third-order valence-electron chi connectivity index (χ3n) is 2.61. The fourth-order valence-electron chi connectivity index (χ4n) is 1.81. The van der Waals surface area contributed by atoms with Crippen LogP contribution in [0.5, 0.6) is 0 Å². The highest BCUT2D eigenvalue weighted by Crippen LogP contribution is 2.32. The zero-order valence-corrected chi connectivity index (χ0v) is 9.02. The van der Waals surface area contributed by atoms with Crippen molar-refractivity contribution in [3.63, 3.8) is 0 Å². The summed E-state index contributed by atoms with van der Waals surface area (Å²) in [5.41, 5.74) is 4.48. The third-order valence-corrected chi connectivity index (χ3v) is 2.61. The van der Waals surface area contributed by atoms with Gasteiger partial charge in [0.1, 0.15) is 17.3 Å². The minimum absolute atomic E-state index is 0.0118. The number of carbonyl (C=O) groups excluding carboxylic acids is 3. The quantitative estimate of drug-likeness (QED) is 0.496. The number of rotatable bonds is 2. The number of esters is 1. The Hall–Kier alpha value is -1.85. The van der Waals surface area contributed by atoms with Crippen molar-refractivity contribution in [2.24, 2.45) is 17.6 Å². The molecule has 6 nitrogen and oxygen atoms in total. The molecule has 0 radical (unpaired) electrons. The lowest BCUT2D eigenvalue weighted by molar-refractivity contribution is -0.147. The average molecular weight is 227 g/mol. The minimum atomic E-state index is -1.02. The van der Waals surface area contributed by atoms with Crippen molar-refractivity contribution >= 4 is 17.7 Å². The van der Waals surface area contributed by atoms with E-state index < -0.39 is 40.8 Å². The van der Waals surface area contributed by atoms with Crippen LogP contribution < -0.4 is 5.73 Å². The number of amides is 1. The van der Waals surface area contributed by atoms with E-state index >= 15 is 0 Å². The van der Waals surface area contributed by atoms with Crippen LogP contribution in [0.3, 0.4) is 0 Å². The highest BCUT2D eigenvalue weighted by Gasteiger charge is 2.40. The van der Waals surface area contributed by atoms with E-state index in [4.69, 9.17) is 5.73 Å². The molecular weight excluding hydrogens is 214 g/mol. The molecule has 1 aliphatic rings. The molecule has 88 valence electrons. The van der Waals surface area contributed by atoms with Crippen LogP contribution in [0.2, 0.25) is 0 Å². The van der Waals surface area contributed by atoms with Crippen LogP contribution in [0.4, 0.5) is 0 Å². The fraction of sp³-hybridized carbons (Fsp3) is 0.500. The SMILES string of the molecule is COC(=O)[C@@H]1C(O)=C(C(N)=O)C(=O)C[C@@H]1C. The number of methoxy groups -OCH3 is 1. The van der Waals surface area contributed by atoms with Crippen LogP contribution in [-0.2, 0) is 19.1 Å². The Morgan fingerprint density at radius 3 is 2.50 bits per heavy atom. The lowest BCUT2D eigenvalue weighted by Crippen LogP contribution is -2.37. The van der Waals surface area contributed by atoms with Crippen molar-refractivity contribution < 1.29 is 24.2 Å². The van der Waals surface area contributed by atoms with Gasteiger partial charge in [-0.2, -0.15) is 0 Å². The predicted molar refractivity (Wildman–Crippen MR) is 53.1 cm³/mol. The smallest absolute Gasteiger partial charge is 0.316 e. The number of hydrogen-bond acceptors (Lipinski definition) is 5. The molecule has 0 bridgehead atoms. The molecule has 2 atom stereocenters. The third kappa shape index (κ3) is 1.91. The summed E-state index contributed by atoms with van der Waals surface area (Å²) in [5, 5.41) is 9.70. The molecule has 0 saturated carbocycles. The number of aliphatic hydroxyl groups is 1. The number of hydrogen-bond donors (Lipinski definition) is 2. The molecule has 0 fully saturated rings. The number of carbonyl (C=O) groups is 3. The van der Waals surface area contributed by atoms with E-state index in [2.05, 4.69) is 4.74 Å². The lowest BCUT2D eigenvalue weighted by atomic mass is 9.79. The molecule has 0 spiro atoms. The van der Waals surface area contributed by atoms with Gasteiger partial charge >= 0.3 is 5.97 Å². The molecule has 3 N–H and O–H groups in total. The van der Waals surface area contributed by atoms with Crippen molar-refractivity contribution in [2.45, 2.75) is 13.3 Å². The van der Waals surface area contributed by atoms with Gasteiger partial charge in [-0.3, -0.25) is 14.4 Å². The summed E-state index contributed by atoms with van der Waals surface area (Å²) in [5.74, 6) is -4.24. The minimum Gasteiger partial charge on any atom is -0.510 e. The van der Waals surface area contributed by atoms with E-state index in [-0.39, 0.29) is 6.42 Å². The van der Waals surface area contributed by atoms with E-state index in [1.54, 1.807) is 6.92 Å². The van der Waals surface area contributed by atoms with E-state index in [0.29, 0.717) is 0 Å². The molecular formula is C10H13NO5. The first-order valence-corrected chi connectivity index (χ1v) is 4.74. The molecule has 1 amide bonds. The maximum Gasteiger partial charge on any atom is 0.316 e. The van der Waals surface area contributed by atoms with Crippen LogP contribution >= 0.6 is 0 Å². The Bertz CT molecular complexity index is 385. The van der Waals surface area contributed by atoms with Gasteiger partial charge in [0.05, 0.1) is 7.11 Å². The molecule has 0 heterocycles. The Morgan fingerprint density at radius 1 is 1.50 bits per heavy atom. The van der Waals surface area contributed by atoms with Crippen LogP contribution in [0.15, 0.2) is 11.3 Å². The predicted octanol–water partition coefficient (Wildman–Crippen LogP) is -0.318. The molecule has 0 aliphatic heterocycles. The maximum atomic E-state index is 11.4. The van der Waals surface area contributed by atoms with Crippen molar-refractivity contribution in [3.8, 4) is 0 Å². The molecule has 0 saturated heterocycles. The average Bonchev–Trinajstić information content (AvgIpc) is 2.15. The van der Waals surface area contributed by atoms with E-state index in [9.17, 15) is 19.5 Å². The van der Waals surface area contributed by atoms with Gasteiger partial charge in [0.25, 0.3) is 5.91 Å². The summed E-state index contributed by atoms with van der Waals surface area (Å²) >= 11 is 0. The summed E-state index contributed by atoms with van der Waals surface area (Å²) in [6.45, 7) is 1.62. The number of aliphatic hydroxyl groups excluding tert-OH is 1. The van der Waals surface area contributed by atoms with Crippen molar-refractivity contribution in [2.75, 3.05) is 7.11 Å². The van der Waals surface area contributed by atoms with Gasteiger partial charge in [-0.25, -0.2) is 0 Å². The fourth-order valence-corrected chi connectivity index (χ4v) is 1.81. The largest absolute Gasteiger partial charge is 0.510 e.